The third kappa shape index (κ3) is 5.63. The van der Waals surface area contributed by atoms with Crippen LogP contribution in [0.1, 0.15) is 11.8 Å². The molecule has 1 aromatic carbocycles. The standard InChI is InChI=1S/C17H18N6O2S2/c1-12(15(24)19-16(25)18-13-6-3-2-4-7-13)27-17-20-21-22-23(17)10-9-14-8-5-11-26-14/h2-8,11-12H,9-10H2,1H3,(H2,18,19,24,25). The number of benzene rings is 1. The number of carbonyl (C=O) groups is 2. The van der Waals surface area contributed by atoms with Gasteiger partial charge in [0.05, 0.1) is 11.8 Å². The van der Waals surface area contributed by atoms with Crippen molar-refractivity contribution in [2.24, 2.45) is 0 Å². The number of carbonyl (C=O) groups excluding carboxylic acids is 2. The minimum Gasteiger partial charge on any atom is -0.308 e. The minimum absolute atomic E-state index is 0.416. The molecule has 0 aliphatic carbocycles. The molecule has 0 fully saturated rings. The first-order valence-electron chi connectivity index (χ1n) is 8.24. The van der Waals surface area contributed by atoms with E-state index in [-0.39, 0.29) is 0 Å². The van der Waals surface area contributed by atoms with Crippen molar-refractivity contribution < 1.29 is 9.59 Å². The average Bonchev–Trinajstić information content (AvgIpc) is 3.32. The first-order chi connectivity index (χ1) is 13.1. The Labute approximate surface area is 164 Å². The second-order valence-corrected chi connectivity index (χ2v) is 7.92. The van der Waals surface area contributed by atoms with Crippen molar-refractivity contribution in [2.75, 3.05) is 5.32 Å². The highest BCUT2D eigenvalue weighted by Gasteiger charge is 2.20. The lowest BCUT2D eigenvalue weighted by molar-refractivity contribution is -0.119. The third-order valence-corrected chi connectivity index (χ3v) is 5.58. The first kappa shape index (κ1) is 19.1. The van der Waals surface area contributed by atoms with E-state index < -0.39 is 17.2 Å². The zero-order valence-corrected chi connectivity index (χ0v) is 16.2. The second-order valence-electron chi connectivity index (χ2n) is 5.58. The van der Waals surface area contributed by atoms with E-state index in [1.165, 1.54) is 16.6 Å². The molecule has 2 heterocycles. The van der Waals surface area contributed by atoms with Crippen molar-refractivity contribution in [3.63, 3.8) is 0 Å². The lowest BCUT2D eigenvalue weighted by Gasteiger charge is -2.11. The molecule has 0 saturated carbocycles. The van der Waals surface area contributed by atoms with Crippen molar-refractivity contribution in [1.29, 1.82) is 0 Å². The molecular formula is C17H18N6O2S2. The fraction of sp³-hybridized carbons (Fsp3) is 0.235. The maximum atomic E-state index is 12.3. The highest BCUT2D eigenvalue weighted by molar-refractivity contribution is 8.00. The van der Waals surface area contributed by atoms with Crippen molar-refractivity contribution >= 4 is 40.7 Å². The summed E-state index contributed by atoms with van der Waals surface area (Å²) in [7, 11) is 0. The number of anilines is 1. The van der Waals surface area contributed by atoms with Crippen LogP contribution in [-0.4, -0.2) is 37.4 Å². The van der Waals surface area contributed by atoms with Crippen molar-refractivity contribution in [1.82, 2.24) is 25.5 Å². The molecule has 0 bridgehead atoms. The summed E-state index contributed by atoms with van der Waals surface area (Å²) in [5.41, 5.74) is 0.612. The predicted octanol–water partition coefficient (Wildman–Crippen LogP) is 2.81. The van der Waals surface area contributed by atoms with Crippen LogP contribution in [0.3, 0.4) is 0 Å². The van der Waals surface area contributed by atoms with Crippen molar-refractivity contribution in [2.45, 2.75) is 30.3 Å². The van der Waals surface area contributed by atoms with Gasteiger partial charge in [0.25, 0.3) is 0 Å². The largest absolute Gasteiger partial charge is 0.325 e. The second kappa shape index (κ2) is 9.28. The lowest BCUT2D eigenvalue weighted by atomic mass is 10.3. The average molecular weight is 403 g/mol. The molecule has 0 aliphatic rings. The smallest absolute Gasteiger partial charge is 0.308 e. The number of urea groups is 1. The molecule has 1 unspecified atom stereocenters. The van der Waals surface area contributed by atoms with Gasteiger partial charge in [-0.05, 0) is 40.9 Å². The van der Waals surface area contributed by atoms with Gasteiger partial charge in [0.2, 0.25) is 11.1 Å². The van der Waals surface area contributed by atoms with Gasteiger partial charge in [-0.25, -0.2) is 9.48 Å². The number of amides is 3. The molecule has 10 heteroatoms. The Morgan fingerprint density at radius 3 is 2.78 bits per heavy atom. The van der Waals surface area contributed by atoms with Gasteiger partial charge in [0, 0.05) is 17.0 Å². The van der Waals surface area contributed by atoms with Crippen LogP contribution in [0.4, 0.5) is 10.5 Å². The summed E-state index contributed by atoms with van der Waals surface area (Å²) < 4.78 is 1.66. The Morgan fingerprint density at radius 2 is 2.04 bits per heavy atom. The van der Waals surface area contributed by atoms with Gasteiger partial charge < -0.3 is 5.32 Å². The van der Waals surface area contributed by atoms with Crippen LogP contribution >= 0.6 is 23.1 Å². The number of hydrogen-bond acceptors (Lipinski definition) is 7. The first-order valence-corrected chi connectivity index (χ1v) is 10.00. The van der Waals surface area contributed by atoms with E-state index in [2.05, 4.69) is 32.2 Å². The quantitative estimate of drug-likeness (QED) is 0.589. The zero-order valence-electron chi connectivity index (χ0n) is 14.5. The number of nitrogens with zero attached hydrogens (tertiary/aromatic N) is 4. The number of thiophene rings is 1. The summed E-state index contributed by atoms with van der Waals surface area (Å²) in [5, 5.41) is 18.6. The van der Waals surface area contributed by atoms with Gasteiger partial charge in [0.1, 0.15) is 0 Å². The molecule has 140 valence electrons. The number of hydrogen-bond donors (Lipinski definition) is 2. The number of aryl methyl sites for hydroxylation is 2. The predicted molar refractivity (Wildman–Crippen MR) is 105 cm³/mol. The fourth-order valence-corrected chi connectivity index (χ4v) is 3.71. The molecule has 3 rings (SSSR count). The Morgan fingerprint density at radius 1 is 1.22 bits per heavy atom. The molecule has 0 saturated heterocycles. The summed E-state index contributed by atoms with van der Waals surface area (Å²) in [6, 6.07) is 12.4. The fourth-order valence-electron chi connectivity index (χ4n) is 2.20. The molecule has 0 aliphatic heterocycles. The van der Waals surface area contributed by atoms with E-state index >= 15 is 0 Å². The molecule has 1 atom stereocenters. The van der Waals surface area contributed by atoms with E-state index in [9.17, 15) is 9.59 Å². The lowest BCUT2D eigenvalue weighted by Crippen LogP contribution is -2.39. The molecular weight excluding hydrogens is 384 g/mol. The Kier molecular flexibility index (Phi) is 6.55. The van der Waals surface area contributed by atoms with Gasteiger partial charge >= 0.3 is 6.03 Å². The van der Waals surface area contributed by atoms with Crippen LogP contribution in [0.5, 0.6) is 0 Å². The van der Waals surface area contributed by atoms with Crippen LogP contribution in [0.15, 0.2) is 53.0 Å². The Bertz CT molecular complexity index is 882. The summed E-state index contributed by atoms with van der Waals surface area (Å²) in [4.78, 5) is 25.4. The van der Waals surface area contributed by atoms with E-state index in [4.69, 9.17) is 0 Å². The number of nitrogens with one attached hydrogen (secondary N) is 2. The molecule has 3 amide bonds. The van der Waals surface area contributed by atoms with Crippen LogP contribution in [0, 0.1) is 0 Å². The maximum Gasteiger partial charge on any atom is 0.325 e. The molecule has 27 heavy (non-hydrogen) atoms. The summed E-state index contributed by atoms with van der Waals surface area (Å²) in [6.45, 7) is 2.33. The number of tetrazole rings is 1. The summed E-state index contributed by atoms with van der Waals surface area (Å²) in [6.07, 6.45) is 0.816. The normalized spacial score (nSPS) is 11.7. The number of para-hydroxylation sites is 1. The Balaban J connectivity index is 1.51. The summed E-state index contributed by atoms with van der Waals surface area (Å²) >= 11 is 2.89. The van der Waals surface area contributed by atoms with Crippen LogP contribution < -0.4 is 10.6 Å². The highest BCUT2D eigenvalue weighted by Crippen LogP contribution is 2.21. The SMILES string of the molecule is CC(Sc1nnnn1CCc1cccs1)C(=O)NC(=O)Nc1ccccc1. The van der Waals surface area contributed by atoms with E-state index in [0.29, 0.717) is 17.4 Å². The van der Waals surface area contributed by atoms with Crippen LogP contribution in [0.25, 0.3) is 0 Å². The molecule has 2 aromatic heterocycles. The minimum atomic E-state index is -0.573. The van der Waals surface area contributed by atoms with Crippen molar-refractivity contribution in [3.05, 3.63) is 52.7 Å². The van der Waals surface area contributed by atoms with E-state index in [1.54, 1.807) is 47.2 Å². The number of thioether (sulfide) groups is 1. The van der Waals surface area contributed by atoms with Crippen LogP contribution in [-0.2, 0) is 17.8 Å². The Hall–Kier alpha value is -2.72. The molecule has 2 N–H and O–H groups in total. The van der Waals surface area contributed by atoms with Gasteiger partial charge in [-0.15, -0.1) is 16.4 Å². The highest BCUT2D eigenvalue weighted by atomic mass is 32.2. The van der Waals surface area contributed by atoms with Gasteiger partial charge in [-0.2, -0.15) is 0 Å². The van der Waals surface area contributed by atoms with Crippen molar-refractivity contribution in [3.8, 4) is 0 Å². The monoisotopic (exact) mass is 402 g/mol. The van der Waals surface area contributed by atoms with Gasteiger partial charge in [-0.1, -0.05) is 36.0 Å². The number of rotatable bonds is 7. The molecule has 0 radical (unpaired) electrons. The number of aromatic nitrogens is 4. The molecule has 0 spiro atoms. The van der Waals surface area contributed by atoms with Gasteiger partial charge in [-0.3, -0.25) is 10.1 Å². The van der Waals surface area contributed by atoms with Gasteiger partial charge in [0.15, 0.2) is 0 Å². The summed E-state index contributed by atoms with van der Waals surface area (Å²) in [5.74, 6) is -0.416. The number of imide groups is 1. The zero-order chi connectivity index (χ0) is 19.1. The molecule has 3 aromatic rings. The van der Waals surface area contributed by atoms with Crippen LogP contribution in [0.2, 0.25) is 0 Å². The topological polar surface area (TPSA) is 102 Å². The maximum absolute atomic E-state index is 12.3. The van der Waals surface area contributed by atoms with E-state index in [0.717, 1.165) is 6.42 Å². The molecule has 8 nitrogen and oxygen atoms in total. The van der Waals surface area contributed by atoms with E-state index in [1.807, 2.05) is 17.5 Å². The third-order valence-electron chi connectivity index (χ3n) is 3.57.